The molecule has 0 radical (unpaired) electrons. The molecule has 0 unspecified atom stereocenters. The maximum absolute atomic E-state index is 5.86. The molecular formula is C10H18O2. The van der Waals surface area contributed by atoms with Crippen molar-refractivity contribution >= 4 is 0 Å². The lowest BCUT2D eigenvalue weighted by Crippen LogP contribution is -2.42. The van der Waals surface area contributed by atoms with Crippen molar-refractivity contribution in [3.63, 3.8) is 0 Å². The molecule has 0 bridgehead atoms. The normalized spacial score (nSPS) is 30.0. The molecule has 2 rings (SSSR count). The fourth-order valence-electron chi connectivity index (χ4n) is 2.28. The van der Waals surface area contributed by atoms with Gasteiger partial charge in [0.15, 0.2) is 0 Å². The summed E-state index contributed by atoms with van der Waals surface area (Å²) in [5, 5.41) is 0. The monoisotopic (exact) mass is 170 g/mol. The van der Waals surface area contributed by atoms with Crippen LogP contribution in [-0.4, -0.2) is 25.4 Å². The van der Waals surface area contributed by atoms with Crippen LogP contribution in [0.5, 0.6) is 0 Å². The molecule has 0 N–H and O–H groups in total. The van der Waals surface area contributed by atoms with Crippen molar-refractivity contribution in [2.45, 2.75) is 44.1 Å². The molecule has 0 aromatic rings. The molecule has 1 spiro atoms. The summed E-state index contributed by atoms with van der Waals surface area (Å²) >= 11 is 0. The van der Waals surface area contributed by atoms with Gasteiger partial charge in [0.1, 0.15) is 0 Å². The fourth-order valence-corrected chi connectivity index (χ4v) is 2.28. The Morgan fingerprint density at radius 3 is 2.17 bits per heavy atom. The number of hydrogen-bond acceptors (Lipinski definition) is 2. The van der Waals surface area contributed by atoms with Crippen LogP contribution in [0.1, 0.15) is 38.5 Å². The molecule has 2 nitrogen and oxygen atoms in total. The van der Waals surface area contributed by atoms with Gasteiger partial charge in [0.2, 0.25) is 0 Å². The molecule has 1 saturated carbocycles. The van der Waals surface area contributed by atoms with Crippen LogP contribution in [-0.2, 0) is 9.47 Å². The van der Waals surface area contributed by atoms with Gasteiger partial charge >= 0.3 is 0 Å². The highest BCUT2D eigenvalue weighted by Crippen LogP contribution is 2.32. The number of rotatable bonds is 0. The van der Waals surface area contributed by atoms with Gasteiger partial charge in [-0.25, -0.2) is 0 Å². The zero-order valence-electron chi connectivity index (χ0n) is 7.68. The van der Waals surface area contributed by atoms with E-state index >= 15 is 0 Å². The molecule has 2 heteroatoms. The van der Waals surface area contributed by atoms with Crippen molar-refractivity contribution in [1.82, 2.24) is 0 Å². The molecule has 1 aliphatic heterocycles. The van der Waals surface area contributed by atoms with Gasteiger partial charge < -0.3 is 9.47 Å². The van der Waals surface area contributed by atoms with Gasteiger partial charge in [-0.1, -0.05) is 25.7 Å². The molecule has 0 amide bonds. The maximum atomic E-state index is 5.86. The molecule has 2 fully saturated rings. The van der Waals surface area contributed by atoms with Crippen LogP contribution in [0, 0.1) is 0 Å². The van der Waals surface area contributed by atoms with E-state index in [1.807, 2.05) is 0 Å². The summed E-state index contributed by atoms with van der Waals surface area (Å²) in [5.41, 5.74) is 0.120. The van der Waals surface area contributed by atoms with Gasteiger partial charge in [-0.2, -0.15) is 0 Å². The first kappa shape index (κ1) is 8.52. The largest absolute Gasteiger partial charge is 0.376 e. The van der Waals surface area contributed by atoms with Crippen molar-refractivity contribution in [2.24, 2.45) is 0 Å². The van der Waals surface area contributed by atoms with E-state index in [4.69, 9.17) is 9.47 Å². The van der Waals surface area contributed by atoms with Crippen LogP contribution in [0.4, 0.5) is 0 Å². The third-order valence-electron chi connectivity index (χ3n) is 3.02. The van der Waals surface area contributed by atoms with Gasteiger partial charge in [0.25, 0.3) is 0 Å². The highest BCUT2D eigenvalue weighted by atomic mass is 16.6. The third kappa shape index (κ3) is 1.80. The number of ether oxygens (including phenoxy) is 2. The topological polar surface area (TPSA) is 18.5 Å². The lowest BCUT2D eigenvalue weighted by atomic mass is 9.95. The Morgan fingerprint density at radius 1 is 0.833 bits per heavy atom. The van der Waals surface area contributed by atoms with Crippen LogP contribution < -0.4 is 0 Å². The molecule has 70 valence electrons. The molecule has 1 saturated heterocycles. The van der Waals surface area contributed by atoms with E-state index in [9.17, 15) is 0 Å². The fraction of sp³-hybridized carbons (Fsp3) is 1.00. The van der Waals surface area contributed by atoms with E-state index < -0.39 is 0 Å². The summed E-state index contributed by atoms with van der Waals surface area (Å²) in [5.74, 6) is 0. The standard InChI is InChI=1S/C10H18O2/c1-2-4-6-10(5-3-1)9-11-7-8-12-10/h1-9H2. The molecule has 12 heavy (non-hydrogen) atoms. The Bertz CT molecular complexity index is 129. The second-order valence-electron chi connectivity index (χ2n) is 4.00. The van der Waals surface area contributed by atoms with Crippen molar-refractivity contribution in [2.75, 3.05) is 19.8 Å². The summed E-state index contributed by atoms with van der Waals surface area (Å²) < 4.78 is 11.4. The van der Waals surface area contributed by atoms with E-state index in [-0.39, 0.29) is 5.60 Å². The quantitative estimate of drug-likeness (QED) is 0.554. The van der Waals surface area contributed by atoms with Gasteiger partial charge in [-0.05, 0) is 12.8 Å². The first-order valence-electron chi connectivity index (χ1n) is 5.13. The molecule has 1 heterocycles. The van der Waals surface area contributed by atoms with E-state index in [0.717, 1.165) is 19.8 Å². The predicted molar refractivity (Wildman–Crippen MR) is 47.2 cm³/mol. The Balaban J connectivity index is 1.95. The average Bonchev–Trinajstić information content (AvgIpc) is 2.33. The molecule has 0 atom stereocenters. The van der Waals surface area contributed by atoms with Crippen molar-refractivity contribution in [3.8, 4) is 0 Å². The summed E-state index contributed by atoms with van der Waals surface area (Å²) in [6.07, 6.45) is 7.84. The zero-order valence-corrected chi connectivity index (χ0v) is 7.68. The predicted octanol–water partition coefficient (Wildman–Crippen LogP) is 2.13. The Kier molecular flexibility index (Phi) is 2.66. The van der Waals surface area contributed by atoms with Crippen LogP contribution in [0.2, 0.25) is 0 Å². The van der Waals surface area contributed by atoms with Crippen molar-refractivity contribution in [3.05, 3.63) is 0 Å². The molecule has 1 aliphatic carbocycles. The molecule has 0 aromatic carbocycles. The highest BCUT2D eigenvalue weighted by molar-refractivity contribution is 4.84. The minimum absolute atomic E-state index is 0.120. The van der Waals surface area contributed by atoms with Gasteiger partial charge in [-0.3, -0.25) is 0 Å². The summed E-state index contributed by atoms with van der Waals surface area (Å²) in [7, 11) is 0. The van der Waals surface area contributed by atoms with Crippen molar-refractivity contribution < 1.29 is 9.47 Å². The minimum Gasteiger partial charge on any atom is -0.376 e. The second kappa shape index (κ2) is 3.75. The van der Waals surface area contributed by atoms with E-state index in [0.29, 0.717) is 0 Å². The smallest absolute Gasteiger partial charge is 0.0916 e. The Hall–Kier alpha value is -0.0800. The Labute approximate surface area is 74.2 Å². The lowest BCUT2D eigenvalue weighted by molar-refractivity contribution is -0.162. The molecular weight excluding hydrogens is 152 g/mol. The first-order chi connectivity index (χ1) is 5.91. The van der Waals surface area contributed by atoms with E-state index in [1.54, 1.807) is 0 Å². The lowest BCUT2D eigenvalue weighted by Gasteiger charge is -2.36. The second-order valence-corrected chi connectivity index (χ2v) is 4.00. The van der Waals surface area contributed by atoms with Crippen LogP contribution >= 0.6 is 0 Å². The minimum atomic E-state index is 0.120. The molecule has 2 aliphatic rings. The van der Waals surface area contributed by atoms with Crippen molar-refractivity contribution in [1.29, 1.82) is 0 Å². The highest BCUT2D eigenvalue weighted by Gasteiger charge is 2.34. The SMILES string of the molecule is C1CCCC2(CC1)COCCO2. The average molecular weight is 170 g/mol. The van der Waals surface area contributed by atoms with E-state index in [1.165, 1.54) is 38.5 Å². The zero-order chi connectivity index (χ0) is 8.28. The summed E-state index contributed by atoms with van der Waals surface area (Å²) in [6, 6.07) is 0. The summed E-state index contributed by atoms with van der Waals surface area (Å²) in [6.45, 7) is 2.44. The van der Waals surface area contributed by atoms with Crippen LogP contribution in [0.15, 0.2) is 0 Å². The van der Waals surface area contributed by atoms with Gasteiger partial charge in [0, 0.05) is 0 Å². The molecule has 0 aromatic heterocycles. The maximum Gasteiger partial charge on any atom is 0.0916 e. The van der Waals surface area contributed by atoms with Crippen LogP contribution in [0.3, 0.4) is 0 Å². The van der Waals surface area contributed by atoms with Gasteiger partial charge in [-0.15, -0.1) is 0 Å². The number of hydrogen-bond donors (Lipinski definition) is 0. The van der Waals surface area contributed by atoms with Crippen LogP contribution in [0.25, 0.3) is 0 Å². The van der Waals surface area contributed by atoms with E-state index in [2.05, 4.69) is 0 Å². The third-order valence-corrected chi connectivity index (χ3v) is 3.02. The first-order valence-corrected chi connectivity index (χ1v) is 5.13. The summed E-state index contributed by atoms with van der Waals surface area (Å²) in [4.78, 5) is 0. The Morgan fingerprint density at radius 2 is 1.58 bits per heavy atom. The van der Waals surface area contributed by atoms with Gasteiger partial charge in [0.05, 0.1) is 25.4 Å².